The highest BCUT2D eigenvalue weighted by atomic mass is 19.1. The maximum atomic E-state index is 12.8. The molecule has 1 atom stereocenters. The zero-order chi connectivity index (χ0) is 12.8. The van der Waals surface area contributed by atoms with Gasteiger partial charge in [0.2, 0.25) is 0 Å². The van der Waals surface area contributed by atoms with E-state index in [1.807, 2.05) is 25.2 Å². The third-order valence-electron chi connectivity index (χ3n) is 3.19. The molecule has 0 aliphatic carbocycles. The predicted octanol–water partition coefficient (Wildman–Crippen LogP) is 3.72. The minimum absolute atomic E-state index is 0.174. The summed E-state index contributed by atoms with van der Waals surface area (Å²) in [5.74, 6) is -0.174. The molecule has 0 bridgehead atoms. The lowest BCUT2D eigenvalue weighted by Gasteiger charge is -2.16. The summed E-state index contributed by atoms with van der Waals surface area (Å²) in [6.07, 6.45) is 1.95. The third-order valence-corrected chi connectivity index (χ3v) is 3.19. The van der Waals surface area contributed by atoms with Crippen molar-refractivity contribution in [2.75, 3.05) is 7.05 Å². The van der Waals surface area contributed by atoms with Crippen LogP contribution in [0, 0.1) is 5.82 Å². The molecular formula is C16H18FN. The van der Waals surface area contributed by atoms with E-state index in [9.17, 15) is 4.39 Å². The molecule has 94 valence electrons. The van der Waals surface area contributed by atoms with Crippen LogP contribution in [0.4, 0.5) is 4.39 Å². The minimum Gasteiger partial charge on any atom is -0.313 e. The van der Waals surface area contributed by atoms with Gasteiger partial charge in [0, 0.05) is 6.04 Å². The molecule has 0 saturated carbocycles. The molecule has 1 nitrogen and oxygen atoms in total. The van der Waals surface area contributed by atoms with Gasteiger partial charge in [-0.15, -0.1) is 0 Å². The van der Waals surface area contributed by atoms with Crippen LogP contribution in [0.15, 0.2) is 54.6 Å². The van der Waals surface area contributed by atoms with Gasteiger partial charge >= 0.3 is 0 Å². The van der Waals surface area contributed by atoms with Gasteiger partial charge in [-0.3, -0.25) is 0 Å². The highest BCUT2D eigenvalue weighted by Crippen LogP contribution is 2.18. The summed E-state index contributed by atoms with van der Waals surface area (Å²) >= 11 is 0. The summed E-state index contributed by atoms with van der Waals surface area (Å²) < 4.78 is 12.8. The minimum atomic E-state index is -0.174. The van der Waals surface area contributed by atoms with Crippen molar-refractivity contribution < 1.29 is 4.39 Å². The standard InChI is InChI=1S/C16H18FN/c1-18-16(14-5-3-2-4-6-14)12-9-13-7-10-15(17)11-8-13/h2-8,10-11,16,18H,9,12H2,1H3. The number of aryl methyl sites for hydroxylation is 1. The lowest BCUT2D eigenvalue weighted by molar-refractivity contribution is 0.548. The predicted molar refractivity (Wildman–Crippen MR) is 73.0 cm³/mol. The summed E-state index contributed by atoms with van der Waals surface area (Å²) in [7, 11) is 1.97. The Morgan fingerprint density at radius 2 is 1.67 bits per heavy atom. The van der Waals surface area contributed by atoms with E-state index in [-0.39, 0.29) is 5.82 Å². The molecule has 0 aromatic heterocycles. The highest BCUT2D eigenvalue weighted by Gasteiger charge is 2.08. The Kier molecular flexibility index (Phi) is 4.48. The Hall–Kier alpha value is -1.67. The molecule has 0 aliphatic rings. The van der Waals surface area contributed by atoms with E-state index in [0.29, 0.717) is 6.04 Å². The smallest absolute Gasteiger partial charge is 0.123 e. The second-order valence-electron chi connectivity index (χ2n) is 4.42. The number of nitrogens with one attached hydrogen (secondary N) is 1. The molecule has 0 spiro atoms. The van der Waals surface area contributed by atoms with Crippen LogP contribution < -0.4 is 5.32 Å². The topological polar surface area (TPSA) is 12.0 Å². The van der Waals surface area contributed by atoms with Gasteiger partial charge < -0.3 is 5.32 Å². The van der Waals surface area contributed by atoms with Crippen LogP contribution in [0.3, 0.4) is 0 Å². The van der Waals surface area contributed by atoms with Crippen molar-refractivity contribution in [3.63, 3.8) is 0 Å². The molecule has 0 radical (unpaired) electrons. The van der Waals surface area contributed by atoms with E-state index in [1.165, 1.54) is 23.3 Å². The van der Waals surface area contributed by atoms with Crippen molar-refractivity contribution in [1.82, 2.24) is 5.32 Å². The molecule has 0 fully saturated rings. The fraction of sp³-hybridized carbons (Fsp3) is 0.250. The first-order valence-corrected chi connectivity index (χ1v) is 6.26. The van der Waals surface area contributed by atoms with E-state index in [0.717, 1.165) is 12.8 Å². The summed E-state index contributed by atoms with van der Waals surface area (Å²) in [5.41, 5.74) is 2.47. The van der Waals surface area contributed by atoms with Gasteiger partial charge in [-0.1, -0.05) is 42.5 Å². The van der Waals surface area contributed by atoms with Crippen LogP contribution in [0.5, 0.6) is 0 Å². The first kappa shape index (κ1) is 12.8. The lowest BCUT2D eigenvalue weighted by atomic mass is 9.99. The van der Waals surface area contributed by atoms with E-state index in [1.54, 1.807) is 0 Å². The van der Waals surface area contributed by atoms with Crippen LogP contribution in [-0.4, -0.2) is 7.05 Å². The van der Waals surface area contributed by atoms with Crippen molar-refractivity contribution in [3.05, 3.63) is 71.5 Å². The van der Waals surface area contributed by atoms with Crippen LogP contribution >= 0.6 is 0 Å². The van der Waals surface area contributed by atoms with Gasteiger partial charge in [0.05, 0.1) is 0 Å². The number of rotatable bonds is 5. The molecule has 1 N–H and O–H groups in total. The van der Waals surface area contributed by atoms with Crippen molar-refractivity contribution >= 4 is 0 Å². The molecule has 2 aromatic carbocycles. The lowest BCUT2D eigenvalue weighted by Crippen LogP contribution is -2.16. The summed E-state index contributed by atoms with van der Waals surface area (Å²) in [6, 6.07) is 17.5. The first-order valence-electron chi connectivity index (χ1n) is 6.26. The average Bonchev–Trinajstić information content (AvgIpc) is 2.43. The molecule has 2 heteroatoms. The van der Waals surface area contributed by atoms with E-state index < -0.39 is 0 Å². The van der Waals surface area contributed by atoms with Crippen molar-refractivity contribution in [3.8, 4) is 0 Å². The van der Waals surface area contributed by atoms with Crippen LogP contribution in [0.2, 0.25) is 0 Å². The van der Waals surface area contributed by atoms with Gasteiger partial charge in [0.25, 0.3) is 0 Å². The van der Waals surface area contributed by atoms with Gasteiger partial charge in [0.1, 0.15) is 5.82 Å². The fourth-order valence-corrected chi connectivity index (χ4v) is 2.13. The molecule has 0 saturated heterocycles. The molecule has 0 amide bonds. The zero-order valence-corrected chi connectivity index (χ0v) is 10.6. The summed E-state index contributed by atoms with van der Waals surface area (Å²) in [6.45, 7) is 0. The maximum absolute atomic E-state index is 12.8. The Morgan fingerprint density at radius 1 is 1.00 bits per heavy atom. The number of halogens is 1. The van der Waals surface area contributed by atoms with Gasteiger partial charge in [-0.25, -0.2) is 4.39 Å². The third kappa shape index (κ3) is 3.41. The van der Waals surface area contributed by atoms with Crippen molar-refractivity contribution in [2.45, 2.75) is 18.9 Å². The number of benzene rings is 2. The molecule has 18 heavy (non-hydrogen) atoms. The normalized spacial score (nSPS) is 12.3. The molecular weight excluding hydrogens is 225 g/mol. The molecule has 2 rings (SSSR count). The molecule has 2 aromatic rings. The molecule has 1 unspecified atom stereocenters. The maximum Gasteiger partial charge on any atom is 0.123 e. The first-order chi connectivity index (χ1) is 8.79. The van der Waals surface area contributed by atoms with Crippen molar-refractivity contribution in [1.29, 1.82) is 0 Å². The highest BCUT2D eigenvalue weighted by molar-refractivity contribution is 5.20. The summed E-state index contributed by atoms with van der Waals surface area (Å²) in [5, 5.41) is 3.33. The summed E-state index contributed by atoms with van der Waals surface area (Å²) in [4.78, 5) is 0. The Labute approximate surface area is 108 Å². The second-order valence-corrected chi connectivity index (χ2v) is 4.42. The van der Waals surface area contributed by atoms with E-state index >= 15 is 0 Å². The Morgan fingerprint density at radius 3 is 2.28 bits per heavy atom. The number of hydrogen-bond donors (Lipinski definition) is 1. The number of hydrogen-bond acceptors (Lipinski definition) is 1. The second kappa shape index (κ2) is 6.31. The Bertz CT molecular complexity index is 464. The largest absolute Gasteiger partial charge is 0.313 e. The fourth-order valence-electron chi connectivity index (χ4n) is 2.13. The van der Waals surface area contributed by atoms with Gasteiger partial charge in [-0.05, 0) is 43.1 Å². The average molecular weight is 243 g/mol. The van der Waals surface area contributed by atoms with E-state index in [2.05, 4.69) is 29.6 Å². The molecule has 0 aliphatic heterocycles. The SMILES string of the molecule is CNC(CCc1ccc(F)cc1)c1ccccc1. The zero-order valence-electron chi connectivity index (χ0n) is 10.6. The van der Waals surface area contributed by atoms with Gasteiger partial charge in [0.15, 0.2) is 0 Å². The van der Waals surface area contributed by atoms with Crippen molar-refractivity contribution in [2.24, 2.45) is 0 Å². The van der Waals surface area contributed by atoms with Crippen LogP contribution in [0.1, 0.15) is 23.6 Å². The van der Waals surface area contributed by atoms with Gasteiger partial charge in [-0.2, -0.15) is 0 Å². The quantitative estimate of drug-likeness (QED) is 0.844. The van der Waals surface area contributed by atoms with E-state index in [4.69, 9.17) is 0 Å². The monoisotopic (exact) mass is 243 g/mol. The van der Waals surface area contributed by atoms with Crippen LogP contribution in [0.25, 0.3) is 0 Å². The molecule has 0 heterocycles. The Balaban J connectivity index is 1.97. The van der Waals surface area contributed by atoms with Crippen LogP contribution in [-0.2, 0) is 6.42 Å².